The van der Waals surface area contributed by atoms with Gasteiger partial charge >= 0.3 is 0 Å². The Morgan fingerprint density at radius 1 is 1.00 bits per heavy atom. The van der Waals surface area contributed by atoms with E-state index in [2.05, 4.69) is 4.98 Å². The van der Waals surface area contributed by atoms with Crippen LogP contribution in [0.15, 0.2) is 71.8 Å². The molecule has 0 radical (unpaired) electrons. The summed E-state index contributed by atoms with van der Waals surface area (Å²) in [4.78, 5) is 15.4. The molecule has 0 amide bonds. The second-order valence-corrected chi connectivity index (χ2v) is 7.85. The molecule has 0 aliphatic carbocycles. The molecule has 0 unspecified atom stereocenters. The smallest absolute Gasteiger partial charge is 0.219 e. The van der Waals surface area contributed by atoms with Gasteiger partial charge in [0.1, 0.15) is 5.75 Å². The van der Waals surface area contributed by atoms with Gasteiger partial charge in [0.15, 0.2) is 16.1 Å². The molecule has 0 N–H and O–H groups in total. The quantitative estimate of drug-likeness (QED) is 0.612. The Kier molecular flexibility index (Phi) is 5.14. The van der Waals surface area contributed by atoms with Crippen LogP contribution in [0.3, 0.4) is 0 Å². The number of carbonyl (C=O) groups is 1. The second kappa shape index (κ2) is 7.49. The van der Waals surface area contributed by atoms with Crippen molar-refractivity contribution in [3.05, 3.63) is 72.4 Å². The van der Waals surface area contributed by atoms with Crippen LogP contribution in [0, 0.1) is 0 Å². The normalized spacial score (nSPS) is 11.1. The highest BCUT2D eigenvalue weighted by Crippen LogP contribution is 2.27. The minimum absolute atomic E-state index is 0.0264. The summed E-state index contributed by atoms with van der Waals surface area (Å²) in [6, 6.07) is 17.6. The van der Waals surface area contributed by atoms with Crippen molar-refractivity contribution >= 4 is 16.1 Å². The number of ether oxygens (including phenoxy) is 1. The van der Waals surface area contributed by atoms with Crippen molar-refractivity contribution in [1.82, 2.24) is 4.98 Å². The van der Waals surface area contributed by atoms with Crippen molar-refractivity contribution in [3.63, 3.8) is 0 Å². The van der Waals surface area contributed by atoms with Gasteiger partial charge in [0.2, 0.25) is 5.88 Å². The average molecular weight is 367 g/mol. The van der Waals surface area contributed by atoms with E-state index in [-0.39, 0.29) is 10.6 Å². The molecule has 0 aliphatic rings. The first-order chi connectivity index (χ1) is 12.5. The zero-order valence-electron chi connectivity index (χ0n) is 14.1. The molecule has 5 nitrogen and oxygen atoms in total. The lowest BCUT2D eigenvalue weighted by Crippen LogP contribution is -2.04. The van der Waals surface area contributed by atoms with Crippen LogP contribution < -0.4 is 4.74 Å². The topological polar surface area (TPSA) is 73.3 Å². The van der Waals surface area contributed by atoms with E-state index in [0.717, 1.165) is 17.4 Å². The van der Waals surface area contributed by atoms with Gasteiger partial charge in [0.05, 0.1) is 10.6 Å². The number of nitrogens with zero attached hydrogens (tertiary/aromatic N) is 1. The number of aldehydes is 1. The first kappa shape index (κ1) is 17.8. The van der Waals surface area contributed by atoms with E-state index >= 15 is 0 Å². The van der Waals surface area contributed by atoms with Crippen molar-refractivity contribution in [2.24, 2.45) is 0 Å². The van der Waals surface area contributed by atoms with Crippen LogP contribution in [-0.4, -0.2) is 25.4 Å². The summed E-state index contributed by atoms with van der Waals surface area (Å²) in [5.41, 5.74) is 2.37. The number of hydrogen-bond acceptors (Lipinski definition) is 5. The number of aromatic nitrogens is 1. The minimum Gasteiger partial charge on any atom is -0.439 e. The number of sulfone groups is 1. The lowest BCUT2D eigenvalue weighted by atomic mass is 10.0. The molecule has 6 heteroatoms. The van der Waals surface area contributed by atoms with E-state index in [0.29, 0.717) is 17.2 Å². The van der Waals surface area contributed by atoms with Crippen molar-refractivity contribution < 1.29 is 17.9 Å². The van der Waals surface area contributed by atoms with Crippen molar-refractivity contribution in [1.29, 1.82) is 0 Å². The minimum atomic E-state index is -3.28. The van der Waals surface area contributed by atoms with Crippen LogP contribution in [0.4, 0.5) is 0 Å². The van der Waals surface area contributed by atoms with Crippen molar-refractivity contribution in [3.8, 4) is 22.8 Å². The molecular weight excluding hydrogens is 350 g/mol. The zero-order valence-corrected chi connectivity index (χ0v) is 14.9. The Morgan fingerprint density at radius 3 is 2.35 bits per heavy atom. The molecule has 3 rings (SSSR count). The van der Waals surface area contributed by atoms with Crippen LogP contribution in [0.25, 0.3) is 11.1 Å². The Balaban J connectivity index is 1.79. The molecule has 0 aliphatic heterocycles. The van der Waals surface area contributed by atoms with E-state index in [9.17, 15) is 13.2 Å². The van der Waals surface area contributed by atoms with E-state index in [1.165, 1.54) is 18.3 Å². The van der Waals surface area contributed by atoms with Gasteiger partial charge in [-0.3, -0.25) is 4.79 Å². The molecule has 1 heterocycles. The molecule has 0 bridgehead atoms. The highest BCUT2D eigenvalue weighted by atomic mass is 32.2. The maximum Gasteiger partial charge on any atom is 0.219 e. The molecule has 0 saturated heterocycles. The second-order valence-electron chi connectivity index (χ2n) is 5.57. The Morgan fingerprint density at radius 2 is 1.73 bits per heavy atom. The molecule has 0 atom stereocenters. The molecule has 0 spiro atoms. The summed E-state index contributed by atoms with van der Waals surface area (Å²) < 4.78 is 29.2. The van der Waals surface area contributed by atoms with E-state index in [4.69, 9.17) is 4.74 Å². The van der Waals surface area contributed by atoms with E-state index in [1.54, 1.807) is 25.1 Å². The molecule has 3 aromatic rings. The predicted octanol–water partition coefficient (Wildman–Crippen LogP) is 4.15. The van der Waals surface area contributed by atoms with Gasteiger partial charge < -0.3 is 4.74 Å². The summed E-state index contributed by atoms with van der Waals surface area (Å²) in [5, 5.41) is 0. The fraction of sp³-hybridized carbons (Fsp3) is 0.100. The van der Waals surface area contributed by atoms with Crippen LogP contribution in [0.5, 0.6) is 11.6 Å². The van der Waals surface area contributed by atoms with Gasteiger partial charge in [-0.2, -0.15) is 0 Å². The maximum atomic E-state index is 11.8. The van der Waals surface area contributed by atoms with E-state index < -0.39 is 9.84 Å². The molecule has 0 fully saturated rings. The van der Waals surface area contributed by atoms with Crippen LogP contribution in [-0.2, 0) is 9.84 Å². The lowest BCUT2D eigenvalue weighted by Gasteiger charge is -2.08. The van der Waals surface area contributed by atoms with Gasteiger partial charge in [-0.25, -0.2) is 13.4 Å². The Bertz CT molecular complexity index is 1010. The molecule has 132 valence electrons. The first-order valence-corrected chi connectivity index (χ1v) is 9.70. The maximum absolute atomic E-state index is 11.8. The highest BCUT2D eigenvalue weighted by Gasteiger charge is 2.12. The standard InChI is InChI=1S/C20H17NO4S/c1-2-26(23,24)18-11-12-20(21-13-18)25-17-9-7-15(8-10-17)19-6-4-3-5-16(19)14-22/h3-14H,2H2,1H3. The fourth-order valence-electron chi connectivity index (χ4n) is 2.46. The number of rotatable bonds is 6. The van der Waals surface area contributed by atoms with Crippen molar-refractivity contribution in [2.75, 3.05) is 5.75 Å². The van der Waals surface area contributed by atoms with Crippen LogP contribution in [0.1, 0.15) is 17.3 Å². The summed E-state index contributed by atoms with van der Waals surface area (Å²) in [5.74, 6) is 0.899. The third-order valence-electron chi connectivity index (χ3n) is 3.92. The highest BCUT2D eigenvalue weighted by molar-refractivity contribution is 7.91. The largest absolute Gasteiger partial charge is 0.439 e. The monoisotopic (exact) mass is 367 g/mol. The summed E-state index contributed by atoms with van der Waals surface area (Å²) in [7, 11) is -3.28. The fourth-order valence-corrected chi connectivity index (χ4v) is 3.29. The average Bonchev–Trinajstić information content (AvgIpc) is 2.69. The van der Waals surface area contributed by atoms with Crippen LogP contribution in [0.2, 0.25) is 0 Å². The first-order valence-electron chi connectivity index (χ1n) is 8.05. The van der Waals surface area contributed by atoms with Gasteiger partial charge in [-0.05, 0) is 29.3 Å². The van der Waals surface area contributed by atoms with Gasteiger partial charge in [-0.15, -0.1) is 0 Å². The molecule has 26 heavy (non-hydrogen) atoms. The number of carbonyl (C=O) groups excluding carboxylic acids is 1. The Hall–Kier alpha value is -2.99. The summed E-state index contributed by atoms with van der Waals surface area (Å²) >= 11 is 0. The van der Waals surface area contributed by atoms with Crippen molar-refractivity contribution in [2.45, 2.75) is 11.8 Å². The summed E-state index contributed by atoms with van der Waals surface area (Å²) in [6.45, 7) is 1.59. The predicted molar refractivity (Wildman–Crippen MR) is 99.3 cm³/mol. The molecule has 0 saturated carbocycles. The van der Waals surface area contributed by atoms with Gasteiger partial charge in [-0.1, -0.05) is 43.3 Å². The SMILES string of the molecule is CCS(=O)(=O)c1ccc(Oc2ccc(-c3ccccc3C=O)cc2)nc1. The van der Waals surface area contributed by atoms with Gasteiger partial charge in [0.25, 0.3) is 0 Å². The third kappa shape index (κ3) is 3.81. The lowest BCUT2D eigenvalue weighted by molar-refractivity contribution is 0.112. The zero-order chi connectivity index (χ0) is 18.6. The molecule has 1 aromatic heterocycles. The van der Waals surface area contributed by atoms with Gasteiger partial charge in [0, 0.05) is 17.8 Å². The number of pyridine rings is 1. The number of hydrogen-bond donors (Lipinski definition) is 0. The molecule has 2 aromatic carbocycles. The molecular formula is C20H17NO4S. The van der Waals surface area contributed by atoms with Crippen LogP contribution >= 0.6 is 0 Å². The van der Waals surface area contributed by atoms with E-state index in [1.807, 2.05) is 30.3 Å². The number of benzene rings is 2. The summed E-state index contributed by atoms with van der Waals surface area (Å²) in [6.07, 6.45) is 2.12. The Labute approximate surface area is 152 Å². The third-order valence-corrected chi connectivity index (χ3v) is 5.64.